The number of methoxy groups -OCH3 is 1. The highest BCUT2D eigenvalue weighted by Gasteiger charge is 2.44. The van der Waals surface area contributed by atoms with E-state index in [4.69, 9.17) is 4.74 Å². The Labute approximate surface area is 100 Å². The van der Waals surface area contributed by atoms with Crippen LogP contribution in [0, 0.1) is 11.3 Å². The van der Waals surface area contributed by atoms with Gasteiger partial charge in [0.25, 0.3) is 0 Å². The van der Waals surface area contributed by atoms with E-state index in [0.717, 1.165) is 5.92 Å². The number of hydrogen-bond donors (Lipinski definition) is 0. The third kappa shape index (κ3) is 3.21. The summed E-state index contributed by atoms with van der Waals surface area (Å²) in [5.41, 5.74) is 0.702. The minimum atomic E-state index is 0.525. The molecule has 2 aliphatic rings. The molecule has 2 heteroatoms. The monoisotopic (exact) mass is 225 g/mol. The SMILES string of the molecule is COC1CCN(CC2(CC(C)C)CC2)CC1. The standard InChI is InChI=1S/C14H27NO/c1-12(2)10-14(6-7-14)11-15-8-4-13(16-3)5-9-15/h12-13H,4-11H2,1-3H3. The van der Waals surface area contributed by atoms with E-state index in [-0.39, 0.29) is 0 Å². The van der Waals surface area contributed by atoms with Gasteiger partial charge in [-0.15, -0.1) is 0 Å². The maximum atomic E-state index is 5.42. The largest absolute Gasteiger partial charge is 0.381 e. The molecular formula is C14H27NO. The van der Waals surface area contributed by atoms with Crippen molar-refractivity contribution in [2.45, 2.75) is 52.1 Å². The van der Waals surface area contributed by atoms with Crippen molar-refractivity contribution < 1.29 is 4.74 Å². The smallest absolute Gasteiger partial charge is 0.0595 e. The summed E-state index contributed by atoms with van der Waals surface area (Å²) in [6.07, 6.45) is 7.35. The first-order chi connectivity index (χ1) is 7.63. The lowest BCUT2D eigenvalue weighted by atomic mass is 9.93. The lowest BCUT2D eigenvalue weighted by Crippen LogP contribution is -2.40. The van der Waals surface area contributed by atoms with E-state index < -0.39 is 0 Å². The molecule has 0 amide bonds. The van der Waals surface area contributed by atoms with Crippen molar-refractivity contribution in [3.63, 3.8) is 0 Å². The zero-order valence-corrected chi connectivity index (χ0v) is 11.2. The van der Waals surface area contributed by atoms with Crippen LogP contribution in [0.5, 0.6) is 0 Å². The number of nitrogens with zero attached hydrogens (tertiary/aromatic N) is 1. The predicted molar refractivity (Wildman–Crippen MR) is 67.6 cm³/mol. The van der Waals surface area contributed by atoms with Crippen LogP contribution < -0.4 is 0 Å². The van der Waals surface area contributed by atoms with Crippen molar-refractivity contribution in [1.29, 1.82) is 0 Å². The van der Waals surface area contributed by atoms with Gasteiger partial charge in [-0.25, -0.2) is 0 Å². The summed E-state index contributed by atoms with van der Waals surface area (Å²) in [6, 6.07) is 0. The van der Waals surface area contributed by atoms with Gasteiger partial charge in [0.05, 0.1) is 6.10 Å². The highest BCUT2D eigenvalue weighted by molar-refractivity contribution is 4.96. The van der Waals surface area contributed by atoms with Crippen molar-refractivity contribution in [3.8, 4) is 0 Å². The summed E-state index contributed by atoms with van der Waals surface area (Å²) in [5.74, 6) is 0.860. The van der Waals surface area contributed by atoms with Crippen LogP contribution in [0.2, 0.25) is 0 Å². The third-order valence-corrected chi connectivity index (χ3v) is 4.23. The Morgan fingerprint density at radius 2 is 1.88 bits per heavy atom. The molecule has 1 aliphatic heterocycles. The van der Waals surface area contributed by atoms with Gasteiger partial charge in [-0.2, -0.15) is 0 Å². The Hall–Kier alpha value is -0.0800. The molecule has 0 unspecified atom stereocenters. The summed E-state index contributed by atoms with van der Waals surface area (Å²) in [7, 11) is 1.85. The molecule has 2 fully saturated rings. The van der Waals surface area contributed by atoms with E-state index in [1.54, 1.807) is 0 Å². The lowest BCUT2D eigenvalue weighted by molar-refractivity contribution is 0.0337. The van der Waals surface area contributed by atoms with Gasteiger partial charge >= 0.3 is 0 Å². The summed E-state index contributed by atoms with van der Waals surface area (Å²) in [5, 5.41) is 0. The van der Waals surface area contributed by atoms with Crippen LogP contribution in [0.4, 0.5) is 0 Å². The van der Waals surface area contributed by atoms with Gasteiger partial charge in [0.1, 0.15) is 0 Å². The van der Waals surface area contributed by atoms with Gasteiger partial charge < -0.3 is 9.64 Å². The molecule has 94 valence electrons. The summed E-state index contributed by atoms with van der Waals surface area (Å²) < 4.78 is 5.42. The summed E-state index contributed by atoms with van der Waals surface area (Å²) in [4.78, 5) is 2.67. The molecule has 1 heterocycles. The number of piperidine rings is 1. The molecule has 2 rings (SSSR count). The van der Waals surface area contributed by atoms with E-state index >= 15 is 0 Å². The molecule has 16 heavy (non-hydrogen) atoms. The average Bonchev–Trinajstić information content (AvgIpc) is 2.98. The molecule has 0 bridgehead atoms. The number of rotatable bonds is 5. The second kappa shape index (κ2) is 5.05. The minimum absolute atomic E-state index is 0.525. The molecule has 0 atom stereocenters. The van der Waals surface area contributed by atoms with Gasteiger partial charge in [-0.3, -0.25) is 0 Å². The molecule has 1 saturated carbocycles. The molecule has 0 aromatic rings. The lowest BCUT2D eigenvalue weighted by Gasteiger charge is -2.34. The molecule has 1 aliphatic carbocycles. The molecule has 1 saturated heterocycles. The molecule has 0 spiro atoms. The Balaban J connectivity index is 1.74. The van der Waals surface area contributed by atoms with E-state index in [1.807, 2.05) is 7.11 Å². The van der Waals surface area contributed by atoms with Gasteiger partial charge in [0.2, 0.25) is 0 Å². The number of ether oxygens (including phenoxy) is 1. The third-order valence-electron chi connectivity index (χ3n) is 4.23. The van der Waals surface area contributed by atoms with E-state index in [9.17, 15) is 0 Å². The van der Waals surface area contributed by atoms with E-state index in [0.29, 0.717) is 11.5 Å². The normalized spacial score (nSPS) is 26.2. The average molecular weight is 225 g/mol. The maximum absolute atomic E-state index is 5.42. The molecule has 0 N–H and O–H groups in total. The summed E-state index contributed by atoms with van der Waals surface area (Å²) >= 11 is 0. The highest BCUT2D eigenvalue weighted by atomic mass is 16.5. The van der Waals surface area contributed by atoms with Gasteiger partial charge in [-0.1, -0.05) is 13.8 Å². The van der Waals surface area contributed by atoms with E-state index in [2.05, 4.69) is 18.7 Å². The molecular weight excluding hydrogens is 198 g/mol. The van der Waals surface area contributed by atoms with Crippen LogP contribution >= 0.6 is 0 Å². The van der Waals surface area contributed by atoms with Crippen molar-refractivity contribution in [3.05, 3.63) is 0 Å². The first kappa shape index (κ1) is 12.4. The fourth-order valence-electron chi connectivity index (χ4n) is 3.25. The fraction of sp³-hybridized carbons (Fsp3) is 1.00. The van der Waals surface area contributed by atoms with Gasteiger partial charge in [0.15, 0.2) is 0 Å². The number of likely N-dealkylation sites (tertiary alicyclic amines) is 1. The Morgan fingerprint density at radius 1 is 1.25 bits per heavy atom. The maximum Gasteiger partial charge on any atom is 0.0595 e. The quantitative estimate of drug-likeness (QED) is 0.713. The predicted octanol–water partition coefficient (Wildman–Crippen LogP) is 2.92. The van der Waals surface area contributed by atoms with Crippen molar-refractivity contribution in [2.24, 2.45) is 11.3 Å². The van der Waals surface area contributed by atoms with Gasteiger partial charge in [-0.05, 0) is 43.4 Å². The molecule has 2 nitrogen and oxygen atoms in total. The molecule has 0 aromatic heterocycles. The van der Waals surface area contributed by atoms with Crippen LogP contribution in [0.3, 0.4) is 0 Å². The topological polar surface area (TPSA) is 12.5 Å². The van der Waals surface area contributed by atoms with Crippen LogP contribution in [0.1, 0.15) is 46.0 Å². The first-order valence-electron chi connectivity index (χ1n) is 6.89. The zero-order chi connectivity index (χ0) is 11.6. The Bertz CT molecular complexity index is 215. The summed E-state index contributed by atoms with van der Waals surface area (Å²) in [6.45, 7) is 8.56. The Kier molecular flexibility index (Phi) is 3.91. The van der Waals surface area contributed by atoms with Crippen LogP contribution in [0.25, 0.3) is 0 Å². The zero-order valence-electron chi connectivity index (χ0n) is 11.2. The second-order valence-electron chi connectivity index (χ2n) is 6.31. The van der Waals surface area contributed by atoms with Crippen molar-refractivity contribution in [2.75, 3.05) is 26.7 Å². The molecule has 0 aromatic carbocycles. The van der Waals surface area contributed by atoms with E-state index in [1.165, 1.54) is 51.7 Å². The van der Waals surface area contributed by atoms with Crippen molar-refractivity contribution >= 4 is 0 Å². The van der Waals surface area contributed by atoms with Crippen LogP contribution in [-0.4, -0.2) is 37.7 Å². The molecule has 0 radical (unpaired) electrons. The minimum Gasteiger partial charge on any atom is -0.381 e. The Morgan fingerprint density at radius 3 is 2.31 bits per heavy atom. The second-order valence-corrected chi connectivity index (χ2v) is 6.31. The van der Waals surface area contributed by atoms with Crippen LogP contribution in [0.15, 0.2) is 0 Å². The fourth-order valence-corrected chi connectivity index (χ4v) is 3.25. The van der Waals surface area contributed by atoms with Gasteiger partial charge in [0, 0.05) is 26.7 Å². The van der Waals surface area contributed by atoms with Crippen molar-refractivity contribution in [1.82, 2.24) is 4.90 Å². The highest BCUT2D eigenvalue weighted by Crippen LogP contribution is 2.51. The number of hydrogen-bond acceptors (Lipinski definition) is 2. The first-order valence-corrected chi connectivity index (χ1v) is 6.89. The van der Waals surface area contributed by atoms with Crippen LogP contribution in [-0.2, 0) is 4.74 Å².